The summed E-state index contributed by atoms with van der Waals surface area (Å²) in [6.07, 6.45) is 0.153. The fraction of sp³-hybridized carbons (Fsp3) is 0.562. The van der Waals surface area contributed by atoms with Crippen LogP contribution in [0.3, 0.4) is 0 Å². The van der Waals surface area contributed by atoms with E-state index in [4.69, 9.17) is 4.74 Å². The summed E-state index contributed by atoms with van der Waals surface area (Å²) in [5, 5.41) is 15.2. The molecule has 0 bridgehead atoms. The fourth-order valence-electron chi connectivity index (χ4n) is 2.04. The molecule has 2 amide bonds. The zero-order valence-electron chi connectivity index (χ0n) is 13.3. The highest BCUT2D eigenvalue weighted by Crippen LogP contribution is 2.21. The molecule has 1 aromatic carbocycles. The molecule has 1 aromatic rings. The number of ether oxygens (including phenoxy) is 1. The topological polar surface area (TPSA) is 70.6 Å². The first kappa shape index (κ1) is 17.3. The third-order valence-corrected chi connectivity index (χ3v) is 3.00. The summed E-state index contributed by atoms with van der Waals surface area (Å²) in [6.45, 7) is 8.77. The number of hydrogen-bond acceptors (Lipinski definition) is 3. The Hall–Kier alpha value is -1.75. The zero-order valence-corrected chi connectivity index (χ0v) is 13.3. The lowest BCUT2D eigenvalue weighted by atomic mass is 10.1. The molecule has 5 heteroatoms. The molecule has 0 saturated carbocycles. The predicted molar refractivity (Wildman–Crippen MR) is 84.8 cm³/mol. The van der Waals surface area contributed by atoms with Crippen LogP contribution in [0.2, 0.25) is 0 Å². The Labute approximate surface area is 126 Å². The maximum atomic E-state index is 11.8. The number of carbonyl (C=O) groups is 1. The van der Waals surface area contributed by atoms with Crippen molar-refractivity contribution in [3.8, 4) is 5.75 Å². The van der Waals surface area contributed by atoms with Crippen LogP contribution in [0, 0.1) is 12.8 Å². The van der Waals surface area contributed by atoms with Crippen molar-refractivity contribution in [1.29, 1.82) is 0 Å². The van der Waals surface area contributed by atoms with Crippen LogP contribution in [0.5, 0.6) is 5.75 Å². The Morgan fingerprint density at radius 1 is 1.38 bits per heavy atom. The van der Waals surface area contributed by atoms with Gasteiger partial charge in [-0.3, -0.25) is 0 Å². The number of carbonyl (C=O) groups excluding carboxylic acids is 1. The van der Waals surface area contributed by atoms with Crippen molar-refractivity contribution in [3.05, 3.63) is 23.8 Å². The minimum absolute atomic E-state index is 0.250. The first-order chi connectivity index (χ1) is 9.92. The number of amides is 2. The maximum Gasteiger partial charge on any atom is 0.319 e. The number of anilines is 1. The van der Waals surface area contributed by atoms with Crippen molar-refractivity contribution < 1.29 is 14.6 Å². The van der Waals surface area contributed by atoms with Crippen LogP contribution in [-0.4, -0.2) is 30.4 Å². The molecule has 0 heterocycles. The molecule has 21 heavy (non-hydrogen) atoms. The van der Waals surface area contributed by atoms with Gasteiger partial charge in [-0.2, -0.15) is 0 Å². The molecule has 0 aliphatic heterocycles. The van der Waals surface area contributed by atoms with E-state index in [-0.39, 0.29) is 12.6 Å². The number of aliphatic hydroxyl groups is 1. The highest BCUT2D eigenvalue weighted by Gasteiger charge is 2.10. The van der Waals surface area contributed by atoms with Gasteiger partial charge in [0.25, 0.3) is 0 Å². The Kier molecular flexibility index (Phi) is 7.02. The van der Waals surface area contributed by atoms with E-state index in [0.29, 0.717) is 18.9 Å². The molecule has 0 spiro atoms. The predicted octanol–water partition coefficient (Wildman–Crippen LogP) is 2.92. The van der Waals surface area contributed by atoms with E-state index < -0.39 is 6.10 Å². The highest BCUT2D eigenvalue weighted by atomic mass is 16.5. The SMILES string of the molecule is CCOc1ccc(NC(=O)NCC(O)CC(C)C)c(C)c1. The van der Waals surface area contributed by atoms with Gasteiger partial charge in [-0.25, -0.2) is 4.79 Å². The summed E-state index contributed by atoms with van der Waals surface area (Å²) in [7, 11) is 0. The standard InChI is InChI=1S/C16H26N2O3/c1-5-21-14-6-7-15(12(4)9-14)18-16(20)17-10-13(19)8-11(2)3/h6-7,9,11,13,19H,5,8,10H2,1-4H3,(H2,17,18,20). The van der Waals surface area contributed by atoms with Gasteiger partial charge in [-0.1, -0.05) is 13.8 Å². The van der Waals surface area contributed by atoms with E-state index in [1.165, 1.54) is 0 Å². The summed E-state index contributed by atoms with van der Waals surface area (Å²) in [5.74, 6) is 1.19. The number of aliphatic hydroxyl groups excluding tert-OH is 1. The van der Waals surface area contributed by atoms with Crippen molar-refractivity contribution in [2.24, 2.45) is 5.92 Å². The normalized spacial score (nSPS) is 12.1. The molecule has 0 aliphatic carbocycles. The van der Waals surface area contributed by atoms with Crippen LogP contribution in [-0.2, 0) is 0 Å². The minimum Gasteiger partial charge on any atom is -0.494 e. The number of nitrogens with one attached hydrogen (secondary N) is 2. The molecule has 0 aromatic heterocycles. The monoisotopic (exact) mass is 294 g/mol. The summed E-state index contributed by atoms with van der Waals surface area (Å²) < 4.78 is 5.40. The van der Waals surface area contributed by atoms with E-state index >= 15 is 0 Å². The van der Waals surface area contributed by atoms with Gasteiger partial charge in [-0.15, -0.1) is 0 Å². The molecule has 0 radical (unpaired) electrons. The van der Waals surface area contributed by atoms with E-state index in [0.717, 1.165) is 17.0 Å². The molecule has 118 valence electrons. The third-order valence-electron chi connectivity index (χ3n) is 3.00. The van der Waals surface area contributed by atoms with Gasteiger partial charge in [0.2, 0.25) is 0 Å². The van der Waals surface area contributed by atoms with Gasteiger partial charge < -0.3 is 20.5 Å². The van der Waals surface area contributed by atoms with Gasteiger partial charge in [0.15, 0.2) is 0 Å². The van der Waals surface area contributed by atoms with Gasteiger partial charge in [-0.05, 0) is 49.9 Å². The molecule has 1 atom stereocenters. The first-order valence-corrected chi connectivity index (χ1v) is 7.38. The molecule has 0 fully saturated rings. The Morgan fingerprint density at radius 3 is 2.67 bits per heavy atom. The number of urea groups is 1. The van der Waals surface area contributed by atoms with Gasteiger partial charge in [0.1, 0.15) is 5.75 Å². The average Bonchev–Trinajstić information content (AvgIpc) is 2.39. The molecule has 0 aliphatic rings. The molecular formula is C16H26N2O3. The molecule has 0 saturated heterocycles. The second kappa shape index (κ2) is 8.52. The van der Waals surface area contributed by atoms with Crippen molar-refractivity contribution in [3.63, 3.8) is 0 Å². The van der Waals surface area contributed by atoms with E-state index in [1.54, 1.807) is 0 Å². The third kappa shape index (κ3) is 6.49. The summed E-state index contributed by atoms with van der Waals surface area (Å²) in [4.78, 5) is 11.8. The van der Waals surface area contributed by atoms with E-state index in [1.807, 2.05) is 45.9 Å². The van der Waals surface area contributed by atoms with E-state index in [9.17, 15) is 9.90 Å². The maximum absolute atomic E-state index is 11.8. The minimum atomic E-state index is -0.517. The summed E-state index contributed by atoms with van der Waals surface area (Å²) >= 11 is 0. The van der Waals surface area contributed by atoms with Crippen LogP contribution in [0.4, 0.5) is 10.5 Å². The average molecular weight is 294 g/mol. The molecule has 5 nitrogen and oxygen atoms in total. The van der Waals surface area contributed by atoms with Crippen LogP contribution in [0.1, 0.15) is 32.8 Å². The lowest BCUT2D eigenvalue weighted by molar-refractivity contribution is 0.148. The fourth-order valence-corrected chi connectivity index (χ4v) is 2.04. The molecule has 1 unspecified atom stereocenters. The van der Waals surface area contributed by atoms with Gasteiger partial charge >= 0.3 is 6.03 Å². The van der Waals surface area contributed by atoms with Crippen molar-refractivity contribution in [1.82, 2.24) is 5.32 Å². The lowest BCUT2D eigenvalue weighted by Crippen LogP contribution is -2.35. The number of hydrogen-bond donors (Lipinski definition) is 3. The quantitative estimate of drug-likeness (QED) is 0.724. The zero-order chi connectivity index (χ0) is 15.8. The number of aryl methyl sites for hydroxylation is 1. The molecule has 1 rings (SSSR count). The van der Waals surface area contributed by atoms with Crippen LogP contribution in [0.25, 0.3) is 0 Å². The Balaban J connectivity index is 2.47. The van der Waals surface area contributed by atoms with Crippen LogP contribution < -0.4 is 15.4 Å². The van der Waals surface area contributed by atoms with Gasteiger partial charge in [0, 0.05) is 12.2 Å². The van der Waals surface area contributed by atoms with Crippen LogP contribution >= 0.6 is 0 Å². The molecule has 3 N–H and O–H groups in total. The van der Waals surface area contributed by atoms with Crippen molar-refractivity contribution >= 4 is 11.7 Å². The van der Waals surface area contributed by atoms with E-state index in [2.05, 4.69) is 10.6 Å². The summed E-state index contributed by atoms with van der Waals surface area (Å²) in [6, 6.07) is 5.20. The van der Waals surface area contributed by atoms with Crippen LogP contribution in [0.15, 0.2) is 18.2 Å². The van der Waals surface area contributed by atoms with Crippen molar-refractivity contribution in [2.75, 3.05) is 18.5 Å². The summed E-state index contributed by atoms with van der Waals surface area (Å²) in [5.41, 5.74) is 1.66. The lowest BCUT2D eigenvalue weighted by Gasteiger charge is -2.15. The highest BCUT2D eigenvalue weighted by molar-refractivity contribution is 5.90. The second-order valence-corrected chi connectivity index (χ2v) is 5.53. The first-order valence-electron chi connectivity index (χ1n) is 7.38. The Bertz CT molecular complexity index is 461. The van der Waals surface area contributed by atoms with Crippen molar-refractivity contribution in [2.45, 2.75) is 40.2 Å². The smallest absolute Gasteiger partial charge is 0.319 e. The number of rotatable bonds is 7. The van der Waals surface area contributed by atoms with Gasteiger partial charge in [0.05, 0.1) is 12.7 Å². The number of benzene rings is 1. The second-order valence-electron chi connectivity index (χ2n) is 5.53. The molecular weight excluding hydrogens is 268 g/mol. The Morgan fingerprint density at radius 2 is 2.10 bits per heavy atom. The largest absolute Gasteiger partial charge is 0.494 e.